The lowest BCUT2D eigenvalue weighted by Gasteiger charge is -2.11. The quantitative estimate of drug-likeness (QED) is 0.893. The van der Waals surface area contributed by atoms with Crippen molar-refractivity contribution in [2.45, 2.75) is 25.2 Å². The molecule has 1 fully saturated rings. The number of alkyl halides is 1. The van der Waals surface area contributed by atoms with Gasteiger partial charge in [-0.3, -0.25) is 4.79 Å². The summed E-state index contributed by atoms with van der Waals surface area (Å²) < 4.78 is 13.9. The lowest BCUT2D eigenvalue weighted by Crippen LogP contribution is -2.40. The van der Waals surface area contributed by atoms with Gasteiger partial charge in [0.2, 0.25) is 5.91 Å². The highest BCUT2D eigenvalue weighted by Crippen LogP contribution is 2.16. The summed E-state index contributed by atoms with van der Waals surface area (Å²) in [7, 11) is 0. The molecule has 0 unspecified atom stereocenters. The van der Waals surface area contributed by atoms with Crippen LogP contribution in [0.5, 0.6) is 0 Å². The summed E-state index contributed by atoms with van der Waals surface area (Å²) in [5.74, 6) is -0.138. The Kier molecular flexibility index (Phi) is 4.12. The molecule has 5 heteroatoms. The normalized spacial score (nSPS) is 23.6. The third-order valence-electron chi connectivity index (χ3n) is 2.80. The van der Waals surface area contributed by atoms with E-state index in [-0.39, 0.29) is 18.9 Å². The number of nitrogens with one attached hydrogen (secondary N) is 2. The second kappa shape index (κ2) is 5.60. The zero-order valence-electron chi connectivity index (χ0n) is 9.25. The highest BCUT2D eigenvalue weighted by atomic mass is 79.9. The van der Waals surface area contributed by atoms with Gasteiger partial charge in [0.05, 0.1) is 6.04 Å². The van der Waals surface area contributed by atoms with Crippen LogP contribution in [0.2, 0.25) is 0 Å². The van der Waals surface area contributed by atoms with Crippen LogP contribution < -0.4 is 10.6 Å². The Labute approximate surface area is 108 Å². The highest BCUT2D eigenvalue weighted by Gasteiger charge is 2.28. The first-order chi connectivity index (χ1) is 8.16. The van der Waals surface area contributed by atoms with Gasteiger partial charge < -0.3 is 10.6 Å². The number of halogens is 2. The van der Waals surface area contributed by atoms with Gasteiger partial charge in [-0.25, -0.2) is 4.39 Å². The van der Waals surface area contributed by atoms with E-state index >= 15 is 0 Å². The second-order valence-electron chi connectivity index (χ2n) is 4.10. The summed E-state index contributed by atoms with van der Waals surface area (Å²) >= 11 is 3.41. The van der Waals surface area contributed by atoms with E-state index in [1.54, 1.807) is 0 Å². The van der Waals surface area contributed by atoms with Crippen LogP contribution in [-0.2, 0) is 11.3 Å². The van der Waals surface area contributed by atoms with Crippen molar-refractivity contribution in [2.24, 2.45) is 0 Å². The molecule has 1 aliphatic rings. The van der Waals surface area contributed by atoms with Crippen LogP contribution in [0.15, 0.2) is 28.7 Å². The molecule has 2 N–H and O–H groups in total. The Balaban J connectivity index is 1.86. The molecule has 0 bridgehead atoms. The SMILES string of the molecule is O=C(NCc1ccccc1Br)[C@H]1C[C@H](F)CN1. The molecular formula is C12H14BrFN2O. The lowest BCUT2D eigenvalue weighted by atomic mass is 10.2. The molecule has 0 radical (unpaired) electrons. The van der Waals surface area contributed by atoms with Crippen molar-refractivity contribution >= 4 is 21.8 Å². The molecule has 92 valence electrons. The van der Waals surface area contributed by atoms with Gasteiger partial charge >= 0.3 is 0 Å². The van der Waals surface area contributed by atoms with Gasteiger partial charge in [0.1, 0.15) is 6.17 Å². The summed E-state index contributed by atoms with van der Waals surface area (Å²) in [5.41, 5.74) is 1.01. The van der Waals surface area contributed by atoms with Crippen molar-refractivity contribution in [3.05, 3.63) is 34.3 Å². The van der Waals surface area contributed by atoms with Crippen LogP contribution in [0.25, 0.3) is 0 Å². The molecule has 3 nitrogen and oxygen atoms in total. The molecule has 2 rings (SSSR count). The summed E-state index contributed by atoms with van der Waals surface area (Å²) in [6, 6.07) is 7.30. The van der Waals surface area contributed by atoms with Crippen LogP contribution in [0, 0.1) is 0 Å². The molecular weight excluding hydrogens is 287 g/mol. The summed E-state index contributed by atoms with van der Waals surface area (Å²) in [6.45, 7) is 0.725. The van der Waals surface area contributed by atoms with E-state index in [0.29, 0.717) is 6.54 Å². The van der Waals surface area contributed by atoms with E-state index in [2.05, 4.69) is 26.6 Å². The van der Waals surface area contributed by atoms with Gasteiger partial charge in [-0.05, 0) is 11.6 Å². The summed E-state index contributed by atoms with van der Waals surface area (Å²) in [5, 5.41) is 5.66. The van der Waals surface area contributed by atoms with Gasteiger partial charge in [0, 0.05) is 24.0 Å². The van der Waals surface area contributed by atoms with Crippen LogP contribution >= 0.6 is 15.9 Å². The first kappa shape index (κ1) is 12.5. The predicted molar refractivity (Wildman–Crippen MR) is 67.3 cm³/mol. The smallest absolute Gasteiger partial charge is 0.237 e. The molecule has 0 saturated carbocycles. The predicted octanol–water partition coefficient (Wildman–Crippen LogP) is 1.77. The fourth-order valence-corrected chi connectivity index (χ4v) is 2.26. The third-order valence-corrected chi connectivity index (χ3v) is 3.58. The highest BCUT2D eigenvalue weighted by molar-refractivity contribution is 9.10. The number of benzene rings is 1. The standard InChI is InChI=1S/C12H14BrFN2O/c13-10-4-2-1-3-8(10)6-16-12(17)11-5-9(14)7-15-11/h1-4,9,11,15H,5-7H2,(H,16,17)/t9-,11+/m0/s1. The molecule has 1 aliphatic heterocycles. The number of amides is 1. The fourth-order valence-electron chi connectivity index (χ4n) is 1.84. The molecule has 0 aliphatic carbocycles. The minimum atomic E-state index is -0.908. The van der Waals surface area contributed by atoms with Crippen molar-refractivity contribution in [1.29, 1.82) is 0 Å². The van der Waals surface area contributed by atoms with Crippen LogP contribution in [0.4, 0.5) is 4.39 Å². The van der Waals surface area contributed by atoms with Gasteiger partial charge in [0.25, 0.3) is 0 Å². The first-order valence-corrected chi connectivity index (χ1v) is 6.34. The number of rotatable bonds is 3. The third kappa shape index (κ3) is 3.26. The van der Waals surface area contributed by atoms with Crippen LogP contribution in [0.1, 0.15) is 12.0 Å². The molecule has 1 heterocycles. The summed E-state index contributed by atoms with van der Waals surface area (Å²) in [6.07, 6.45) is -0.642. The maximum absolute atomic E-state index is 12.9. The van der Waals surface area contributed by atoms with E-state index in [0.717, 1.165) is 10.0 Å². The lowest BCUT2D eigenvalue weighted by molar-refractivity contribution is -0.123. The van der Waals surface area contributed by atoms with Gasteiger partial charge in [-0.2, -0.15) is 0 Å². The molecule has 0 spiro atoms. The number of carbonyl (C=O) groups excluding carboxylic acids is 1. The van der Waals surface area contributed by atoms with Crippen molar-refractivity contribution in [3.8, 4) is 0 Å². The molecule has 2 atom stereocenters. The van der Waals surface area contributed by atoms with Crippen LogP contribution in [0.3, 0.4) is 0 Å². The monoisotopic (exact) mass is 300 g/mol. The Morgan fingerprint density at radius 2 is 2.29 bits per heavy atom. The summed E-state index contributed by atoms with van der Waals surface area (Å²) in [4.78, 5) is 11.7. The van der Waals surface area contributed by atoms with Crippen molar-refractivity contribution < 1.29 is 9.18 Å². The maximum Gasteiger partial charge on any atom is 0.237 e. The Bertz CT molecular complexity index is 413. The Morgan fingerprint density at radius 1 is 1.53 bits per heavy atom. The van der Waals surface area contributed by atoms with Crippen molar-refractivity contribution in [3.63, 3.8) is 0 Å². The second-order valence-corrected chi connectivity index (χ2v) is 4.96. The molecule has 17 heavy (non-hydrogen) atoms. The average Bonchev–Trinajstić information content (AvgIpc) is 2.74. The van der Waals surface area contributed by atoms with E-state index in [4.69, 9.17) is 0 Å². The first-order valence-electron chi connectivity index (χ1n) is 5.55. The average molecular weight is 301 g/mol. The van der Waals surface area contributed by atoms with E-state index in [9.17, 15) is 9.18 Å². The Hall–Kier alpha value is -0.940. The molecule has 1 amide bonds. The Morgan fingerprint density at radius 3 is 2.94 bits per heavy atom. The van der Waals surface area contributed by atoms with Crippen molar-refractivity contribution in [1.82, 2.24) is 10.6 Å². The van der Waals surface area contributed by atoms with Gasteiger partial charge in [0.15, 0.2) is 0 Å². The topological polar surface area (TPSA) is 41.1 Å². The van der Waals surface area contributed by atoms with E-state index in [1.807, 2.05) is 24.3 Å². The zero-order valence-corrected chi connectivity index (χ0v) is 10.8. The van der Waals surface area contributed by atoms with Gasteiger partial charge in [-0.15, -0.1) is 0 Å². The number of hydrogen-bond donors (Lipinski definition) is 2. The van der Waals surface area contributed by atoms with Crippen molar-refractivity contribution in [2.75, 3.05) is 6.54 Å². The van der Waals surface area contributed by atoms with E-state index < -0.39 is 12.2 Å². The molecule has 0 aromatic heterocycles. The maximum atomic E-state index is 12.9. The van der Waals surface area contributed by atoms with Crippen LogP contribution in [-0.4, -0.2) is 24.7 Å². The number of carbonyl (C=O) groups is 1. The molecule has 1 saturated heterocycles. The number of hydrogen-bond acceptors (Lipinski definition) is 2. The molecule has 1 aromatic rings. The largest absolute Gasteiger partial charge is 0.351 e. The zero-order chi connectivity index (χ0) is 12.3. The van der Waals surface area contributed by atoms with Gasteiger partial charge in [-0.1, -0.05) is 34.1 Å². The minimum absolute atomic E-state index is 0.138. The molecule has 1 aromatic carbocycles. The van der Waals surface area contributed by atoms with E-state index in [1.165, 1.54) is 0 Å². The minimum Gasteiger partial charge on any atom is -0.351 e. The fraction of sp³-hybridized carbons (Fsp3) is 0.417.